The largest absolute Gasteiger partial charge is 0.476 e. The van der Waals surface area contributed by atoms with Crippen molar-refractivity contribution in [2.75, 3.05) is 11.8 Å². The summed E-state index contributed by atoms with van der Waals surface area (Å²) in [4.78, 5) is 18.1. The van der Waals surface area contributed by atoms with E-state index in [0.717, 1.165) is 4.31 Å². The molecular formula is C9H14N4O4S. The SMILES string of the molecule is CC(C)N(C)S(=O)(=O)Nc1nccnc1C(=O)O. The first-order valence-corrected chi connectivity index (χ1v) is 6.49. The number of hydrogen-bond donors (Lipinski definition) is 2. The summed E-state index contributed by atoms with van der Waals surface area (Å²) in [7, 11) is -2.47. The molecule has 1 rings (SSSR count). The van der Waals surface area contributed by atoms with Crippen molar-refractivity contribution in [2.45, 2.75) is 19.9 Å². The minimum absolute atomic E-state index is 0.271. The third-order valence-electron chi connectivity index (χ3n) is 2.23. The molecule has 0 spiro atoms. The van der Waals surface area contributed by atoms with Gasteiger partial charge >= 0.3 is 16.2 Å². The Balaban J connectivity index is 3.09. The van der Waals surface area contributed by atoms with Gasteiger partial charge in [-0.1, -0.05) is 0 Å². The maximum atomic E-state index is 11.9. The van der Waals surface area contributed by atoms with Gasteiger partial charge in [0.2, 0.25) is 0 Å². The number of carboxylic acid groups (broad SMARTS) is 1. The van der Waals surface area contributed by atoms with Gasteiger partial charge in [0.05, 0.1) is 0 Å². The zero-order chi connectivity index (χ0) is 13.9. The highest BCUT2D eigenvalue weighted by Gasteiger charge is 2.24. The molecule has 0 saturated carbocycles. The fourth-order valence-electron chi connectivity index (χ4n) is 1.04. The fraction of sp³-hybridized carbons (Fsp3) is 0.444. The summed E-state index contributed by atoms with van der Waals surface area (Å²) in [5.41, 5.74) is -0.446. The van der Waals surface area contributed by atoms with Crippen LogP contribution in [0, 0.1) is 0 Å². The average Bonchev–Trinajstić information content (AvgIpc) is 2.27. The van der Waals surface area contributed by atoms with Crippen molar-refractivity contribution in [2.24, 2.45) is 0 Å². The summed E-state index contributed by atoms with van der Waals surface area (Å²) in [6.45, 7) is 3.38. The van der Waals surface area contributed by atoms with Gasteiger partial charge < -0.3 is 5.11 Å². The highest BCUT2D eigenvalue weighted by molar-refractivity contribution is 7.90. The van der Waals surface area contributed by atoms with Crippen LogP contribution in [0.15, 0.2) is 12.4 Å². The molecule has 1 heterocycles. The molecule has 100 valence electrons. The molecule has 0 aliphatic carbocycles. The predicted octanol–water partition coefficient (Wildman–Crippen LogP) is 0.172. The van der Waals surface area contributed by atoms with E-state index in [-0.39, 0.29) is 11.9 Å². The van der Waals surface area contributed by atoms with Gasteiger partial charge in [-0.2, -0.15) is 12.7 Å². The van der Waals surface area contributed by atoms with Crippen LogP contribution in [0.25, 0.3) is 0 Å². The summed E-state index contributed by atoms with van der Waals surface area (Å²) in [6.07, 6.45) is 2.38. The lowest BCUT2D eigenvalue weighted by Crippen LogP contribution is -2.38. The second-order valence-electron chi connectivity index (χ2n) is 3.78. The van der Waals surface area contributed by atoms with E-state index in [1.807, 2.05) is 0 Å². The molecule has 2 N–H and O–H groups in total. The molecule has 18 heavy (non-hydrogen) atoms. The lowest BCUT2D eigenvalue weighted by molar-refractivity contribution is 0.0691. The van der Waals surface area contributed by atoms with Crippen LogP contribution in [0.2, 0.25) is 0 Å². The first-order valence-electron chi connectivity index (χ1n) is 5.05. The summed E-state index contributed by atoms with van der Waals surface area (Å²) >= 11 is 0. The molecule has 0 aliphatic heterocycles. The number of aromatic carboxylic acids is 1. The molecule has 0 aromatic carbocycles. The summed E-state index contributed by atoms with van der Waals surface area (Å²) < 4.78 is 26.9. The molecule has 8 nitrogen and oxygen atoms in total. The molecule has 1 aromatic rings. The lowest BCUT2D eigenvalue weighted by Gasteiger charge is -2.21. The third-order valence-corrected chi connectivity index (χ3v) is 3.86. The first kappa shape index (κ1) is 14.3. The van der Waals surface area contributed by atoms with E-state index in [2.05, 4.69) is 14.7 Å². The fourth-order valence-corrected chi connectivity index (χ4v) is 2.13. The van der Waals surface area contributed by atoms with Crippen LogP contribution in [0.4, 0.5) is 5.82 Å². The molecule has 9 heteroatoms. The first-order chi connectivity index (χ1) is 8.25. The van der Waals surface area contributed by atoms with Gasteiger partial charge in [0, 0.05) is 25.5 Å². The molecule has 0 aliphatic rings. The number of rotatable bonds is 5. The van der Waals surface area contributed by atoms with E-state index < -0.39 is 21.9 Å². The maximum absolute atomic E-state index is 11.9. The predicted molar refractivity (Wildman–Crippen MR) is 64.4 cm³/mol. The zero-order valence-electron chi connectivity index (χ0n) is 10.2. The molecule has 0 atom stereocenters. The number of nitrogens with one attached hydrogen (secondary N) is 1. The molecule has 0 amide bonds. The number of nitrogens with zero attached hydrogens (tertiary/aromatic N) is 3. The Morgan fingerprint density at radius 2 is 1.94 bits per heavy atom. The van der Waals surface area contributed by atoms with Gasteiger partial charge in [-0.25, -0.2) is 14.8 Å². The van der Waals surface area contributed by atoms with Gasteiger partial charge in [0.15, 0.2) is 11.5 Å². The van der Waals surface area contributed by atoms with Crippen LogP contribution in [-0.4, -0.2) is 46.9 Å². The lowest BCUT2D eigenvalue weighted by atomic mass is 10.4. The van der Waals surface area contributed by atoms with Gasteiger partial charge in [-0.05, 0) is 13.8 Å². The summed E-state index contributed by atoms with van der Waals surface area (Å²) in [5, 5.41) is 8.86. The van der Waals surface area contributed by atoms with Crippen LogP contribution in [0.3, 0.4) is 0 Å². The number of aromatic nitrogens is 2. The quantitative estimate of drug-likeness (QED) is 0.791. The standard InChI is InChI=1S/C9H14N4O4S/c1-6(2)13(3)18(16,17)12-8-7(9(14)15)10-4-5-11-8/h4-6H,1-3H3,(H,11,12)(H,14,15). The Morgan fingerprint density at radius 3 is 2.44 bits per heavy atom. The second kappa shape index (κ2) is 5.27. The van der Waals surface area contributed by atoms with Crippen molar-refractivity contribution >= 4 is 22.0 Å². The highest BCUT2D eigenvalue weighted by atomic mass is 32.2. The van der Waals surface area contributed by atoms with E-state index in [1.54, 1.807) is 13.8 Å². The molecule has 1 aromatic heterocycles. The van der Waals surface area contributed by atoms with E-state index in [9.17, 15) is 13.2 Å². The van der Waals surface area contributed by atoms with Crippen molar-refractivity contribution in [1.29, 1.82) is 0 Å². The Kier molecular flexibility index (Phi) is 4.19. The van der Waals surface area contributed by atoms with Gasteiger partial charge in [0.25, 0.3) is 0 Å². The Bertz CT molecular complexity index is 543. The Hall–Kier alpha value is -1.74. The summed E-state index contributed by atoms with van der Waals surface area (Å²) in [6, 6.07) is -0.271. The van der Waals surface area contributed by atoms with Crippen LogP contribution < -0.4 is 4.72 Å². The normalized spacial score (nSPS) is 11.8. The number of carbonyl (C=O) groups is 1. The van der Waals surface area contributed by atoms with E-state index >= 15 is 0 Å². The Morgan fingerprint density at radius 1 is 1.39 bits per heavy atom. The van der Waals surface area contributed by atoms with Crippen LogP contribution >= 0.6 is 0 Å². The van der Waals surface area contributed by atoms with Crippen LogP contribution in [0.5, 0.6) is 0 Å². The average molecular weight is 274 g/mol. The van der Waals surface area contributed by atoms with Crippen molar-refractivity contribution in [3.8, 4) is 0 Å². The van der Waals surface area contributed by atoms with Crippen molar-refractivity contribution in [3.63, 3.8) is 0 Å². The van der Waals surface area contributed by atoms with Crippen molar-refractivity contribution < 1.29 is 18.3 Å². The van der Waals surface area contributed by atoms with Crippen molar-refractivity contribution in [1.82, 2.24) is 14.3 Å². The number of hydrogen-bond acceptors (Lipinski definition) is 5. The number of carboxylic acids is 1. The van der Waals surface area contributed by atoms with Gasteiger partial charge in [-0.3, -0.25) is 4.72 Å². The maximum Gasteiger partial charge on any atom is 0.358 e. The van der Waals surface area contributed by atoms with Gasteiger partial charge in [-0.15, -0.1) is 0 Å². The number of anilines is 1. The van der Waals surface area contributed by atoms with Crippen LogP contribution in [0.1, 0.15) is 24.3 Å². The van der Waals surface area contributed by atoms with E-state index in [4.69, 9.17) is 5.11 Å². The molecular weight excluding hydrogens is 260 g/mol. The molecule has 0 fully saturated rings. The smallest absolute Gasteiger partial charge is 0.358 e. The molecule has 0 unspecified atom stereocenters. The zero-order valence-corrected chi connectivity index (χ0v) is 11.0. The second-order valence-corrected chi connectivity index (χ2v) is 5.51. The monoisotopic (exact) mass is 274 g/mol. The molecule has 0 bridgehead atoms. The minimum Gasteiger partial charge on any atom is -0.476 e. The minimum atomic E-state index is -3.85. The van der Waals surface area contributed by atoms with Crippen LogP contribution in [-0.2, 0) is 10.2 Å². The topological polar surface area (TPSA) is 112 Å². The Labute approximate surface area is 105 Å². The van der Waals surface area contributed by atoms with Crippen molar-refractivity contribution in [3.05, 3.63) is 18.1 Å². The highest BCUT2D eigenvalue weighted by Crippen LogP contribution is 2.13. The summed E-state index contributed by atoms with van der Waals surface area (Å²) in [5.74, 6) is -1.66. The van der Waals surface area contributed by atoms with E-state index in [1.165, 1.54) is 19.4 Å². The molecule has 0 radical (unpaired) electrons. The van der Waals surface area contributed by atoms with Gasteiger partial charge in [0.1, 0.15) is 0 Å². The third kappa shape index (κ3) is 3.14. The molecule has 0 saturated heterocycles. The van der Waals surface area contributed by atoms with E-state index in [0.29, 0.717) is 0 Å².